The first-order chi connectivity index (χ1) is 8.22. The monoisotopic (exact) mass is 233 g/mol. The molecule has 3 unspecified atom stereocenters. The lowest BCUT2D eigenvalue weighted by atomic mass is 10.0. The highest BCUT2D eigenvalue weighted by Crippen LogP contribution is 2.25. The van der Waals surface area contributed by atoms with E-state index in [1.54, 1.807) is 0 Å². The van der Waals surface area contributed by atoms with Crippen LogP contribution in [0.5, 0.6) is 0 Å². The third-order valence-corrected chi connectivity index (χ3v) is 3.81. The van der Waals surface area contributed by atoms with Gasteiger partial charge in [0.2, 0.25) is 0 Å². The van der Waals surface area contributed by atoms with Gasteiger partial charge in [-0.25, -0.2) is 0 Å². The third-order valence-electron chi connectivity index (χ3n) is 3.81. The number of hydrogen-bond donors (Lipinski definition) is 1. The van der Waals surface area contributed by atoms with E-state index >= 15 is 0 Å². The van der Waals surface area contributed by atoms with E-state index in [0.717, 1.165) is 13.1 Å². The molecule has 0 bridgehead atoms. The van der Waals surface area contributed by atoms with Crippen LogP contribution in [0.1, 0.15) is 38.8 Å². The summed E-state index contributed by atoms with van der Waals surface area (Å²) in [5, 5.41) is 3.57. The van der Waals surface area contributed by atoms with E-state index in [4.69, 9.17) is 0 Å². The van der Waals surface area contributed by atoms with Crippen molar-refractivity contribution in [2.75, 3.05) is 13.1 Å². The Kier molecular flexibility index (Phi) is 4.13. The molecule has 94 valence electrons. The number of nitrogens with zero attached hydrogens (tertiary/aromatic N) is 2. The normalized spacial score (nSPS) is 27.9. The maximum Gasteiger partial charge on any atom is 0.0325 e. The summed E-state index contributed by atoms with van der Waals surface area (Å²) in [6, 6.07) is 5.97. The molecule has 0 radical (unpaired) electrons. The molecule has 0 amide bonds. The molecule has 1 fully saturated rings. The molecule has 3 heteroatoms. The van der Waals surface area contributed by atoms with Gasteiger partial charge >= 0.3 is 0 Å². The van der Waals surface area contributed by atoms with E-state index in [-0.39, 0.29) is 0 Å². The number of nitrogens with one attached hydrogen (secondary N) is 1. The van der Waals surface area contributed by atoms with E-state index in [0.29, 0.717) is 18.1 Å². The standard InChI is InChI=1S/C14H23N3/c1-4-14-9-16-11(2)10-17(14)12(3)13-5-7-15-8-6-13/h5-8,11-12,14,16H,4,9-10H2,1-3H3. The van der Waals surface area contributed by atoms with Crippen molar-refractivity contribution < 1.29 is 0 Å². The lowest BCUT2D eigenvalue weighted by Crippen LogP contribution is -2.55. The smallest absolute Gasteiger partial charge is 0.0325 e. The highest BCUT2D eigenvalue weighted by molar-refractivity contribution is 5.15. The molecule has 2 heterocycles. The van der Waals surface area contributed by atoms with E-state index in [2.05, 4.69) is 48.1 Å². The Balaban J connectivity index is 2.13. The molecule has 2 rings (SSSR count). The van der Waals surface area contributed by atoms with Crippen molar-refractivity contribution in [3.63, 3.8) is 0 Å². The van der Waals surface area contributed by atoms with E-state index in [9.17, 15) is 0 Å². The summed E-state index contributed by atoms with van der Waals surface area (Å²) in [5.41, 5.74) is 1.37. The Bertz CT molecular complexity index is 339. The molecule has 1 aromatic rings. The third kappa shape index (κ3) is 2.85. The Hall–Kier alpha value is -0.930. The van der Waals surface area contributed by atoms with Crippen molar-refractivity contribution in [1.29, 1.82) is 0 Å². The summed E-state index contributed by atoms with van der Waals surface area (Å²) in [6.07, 6.45) is 4.98. The van der Waals surface area contributed by atoms with Crippen molar-refractivity contribution >= 4 is 0 Å². The Morgan fingerprint density at radius 3 is 2.82 bits per heavy atom. The van der Waals surface area contributed by atoms with Gasteiger partial charge in [-0.15, -0.1) is 0 Å². The average Bonchev–Trinajstić information content (AvgIpc) is 2.39. The molecule has 0 spiro atoms. The zero-order chi connectivity index (χ0) is 12.3. The van der Waals surface area contributed by atoms with Gasteiger partial charge in [-0.1, -0.05) is 6.92 Å². The molecule has 1 N–H and O–H groups in total. The lowest BCUT2D eigenvalue weighted by molar-refractivity contribution is 0.0904. The predicted molar refractivity (Wildman–Crippen MR) is 70.9 cm³/mol. The largest absolute Gasteiger partial charge is 0.311 e. The molecule has 0 aliphatic carbocycles. The van der Waals surface area contributed by atoms with Crippen LogP contribution in [-0.2, 0) is 0 Å². The second-order valence-corrected chi connectivity index (χ2v) is 5.02. The molecule has 0 aromatic carbocycles. The van der Waals surface area contributed by atoms with Crippen LogP contribution in [0, 0.1) is 0 Å². The fraction of sp³-hybridized carbons (Fsp3) is 0.643. The van der Waals surface area contributed by atoms with E-state index < -0.39 is 0 Å². The SMILES string of the molecule is CCC1CNC(C)CN1C(C)c1ccncc1. The van der Waals surface area contributed by atoms with Gasteiger partial charge in [0.05, 0.1) is 0 Å². The van der Waals surface area contributed by atoms with Crippen molar-refractivity contribution in [2.24, 2.45) is 0 Å². The number of piperazine rings is 1. The minimum atomic E-state index is 0.479. The lowest BCUT2D eigenvalue weighted by Gasteiger charge is -2.42. The number of rotatable bonds is 3. The molecular formula is C14H23N3. The van der Waals surface area contributed by atoms with Gasteiger partial charge in [-0.3, -0.25) is 9.88 Å². The highest BCUT2D eigenvalue weighted by atomic mass is 15.2. The summed E-state index contributed by atoms with van der Waals surface area (Å²) in [6.45, 7) is 9.07. The van der Waals surface area contributed by atoms with Gasteiger partial charge in [-0.2, -0.15) is 0 Å². The zero-order valence-corrected chi connectivity index (χ0v) is 11.1. The van der Waals surface area contributed by atoms with Crippen LogP contribution < -0.4 is 5.32 Å². The van der Waals surface area contributed by atoms with Crippen LogP contribution in [-0.4, -0.2) is 35.1 Å². The van der Waals surface area contributed by atoms with Gasteiger partial charge < -0.3 is 5.32 Å². The second kappa shape index (κ2) is 5.61. The molecule has 0 saturated carbocycles. The van der Waals surface area contributed by atoms with Crippen LogP contribution in [0.2, 0.25) is 0 Å². The average molecular weight is 233 g/mol. The fourth-order valence-electron chi connectivity index (χ4n) is 2.67. The van der Waals surface area contributed by atoms with Gasteiger partial charge in [0.15, 0.2) is 0 Å². The zero-order valence-electron chi connectivity index (χ0n) is 11.1. The number of hydrogen-bond acceptors (Lipinski definition) is 3. The van der Waals surface area contributed by atoms with Crippen molar-refractivity contribution in [1.82, 2.24) is 15.2 Å². The van der Waals surface area contributed by atoms with Gasteiger partial charge in [0.1, 0.15) is 0 Å². The first kappa shape index (κ1) is 12.5. The summed E-state index contributed by atoms with van der Waals surface area (Å²) in [4.78, 5) is 6.72. The summed E-state index contributed by atoms with van der Waals surface area (Å²) >= 11 is 0. The summed E-state index contributed by atoms with van der Waals surface area (Å²) < 4.78 is 0. The minimum Gasteiger partial charge on any atom is -0.311 e. The minimum absolute atomic E-state index is 0.479. The maximum absolute atomic E-state index is 4.10. The first-order valence-corrected chi connectivity index (χ1v) is 6.61. The van der Waals surface area contributed by atoms with Crippen LogP contribution in [0.4, 0.5) is 0 Å². The van der Waals surface area contributed by atoms with Gasteiger partial charge in [0, 0.05) is 43.6 Å². The molecule has 1 aliphatic heterocycles. The topological polar surface area (TPSA) is 28.2 Å². The first-order valence-electron chi connectivity index (χ1n) is 6.61. The number of aromatic nitrogens is 1. The Labute approximate surface area is 104 Å². The number of pyridine rings is 1. The molecule has 1 aromatic heterocycles. The summed E-state index contributed by atoms with van der Waals surface area (Å²) in [5.74, 6) is 0. The second-order valence-electron chi connectivity index (χ2n) is 5.02. The molecule has 17 heavy (non-hydrogen) atoms. The van der Waals surface area contributed by atoms with Crippen LogP contribution in [0.15, 0.2) is 24.5 Å². The fourth-order valence-corrected chi connectivity index (χ4v) is 2.67. The van der Waals surface area contributed by atoms with Crippen LogP contribution in [0.25, 0.3) is 0 Å². The van der Waals surface area contributed by atoms with Crippen LogP contribution >= 0.6 is 0 Å². The highest BCUT2D eigenvalue weighted by Gasteiger charge is 2.28. The van der Waals surface area contributed by atoms with Crippen molar-refractivity contribution in [3.05, 3.63) is 30.1 Å². The van der Waals surface area contributed by atoms with Gasteiger partial charge in [0.25, 0.3) is 0 Å². The van der Waals surface area contributed by atoms with E-state index in [1.165, 1.54) is 12.0 Å². The quantitative estimate of drug-likeness (QED) is 0.867. The Morgan fingerprint density at radius 1 is 1.47 bits per heavy atom. The molecular weight excluding hydrogens is 210 g/mol. The van der Waals surface area contributed by atoms with Crippen molar-refractivity contribution in [2.45, 2.75) is 45.3 Å². The van der Waals surface area contributed by atoms with E-state index in [1.807, 2.05) is 12.4 Å². The molecule has 3 nitrogen and oxygen atoms in total. The molecule has 1 aliphatic rings. The maximum atomic E-state index is 4.10. The van der Waals surface area contributed by atoms with Crippen LogP contribution in [0.3, 0.4) is 0 Å². The van der Waals surface area contributed by atoms with Crippen molar-refractivity contribution in [3.8, 4) is 0 Å². The predicted octanol–water partition coefficient (Wildman–Crippen LogP) is 2.21. The molecule has 1 saturated heterocycles. The summed E-state index contributed by atoms with van der Waals surface area (Å²) in [7, 11) is 0. The molecule has 3 atom stereocenters. The Morgan fingerprint density at radius 2 is 2.18 bits per heavy atom. The van der Waals surface area contributed by atoms with Gasteiger partial charge in [-0.05, 0) is 38.0 Å².